The first kappa shape index (κ1) is 77.3. The molecule has 3 saturated carbocycles. The lowest BCUT2D eigenvalue weighted by molar-refractivity contribution is -0.156. The van der Waals surface area contributed by atoms with Crippen LogP contribution in [0.4, 0.5) is 13.2 Å². The number of alkyl halides is 3. The fraction of sp³-hybridized carbons (Fsp3) is 0.739. The van der Waals surface area contributed by atoms with E-state index < -0.39 is 173 Å². The summed E-state index contributed by atoms with van der Waals surface area (Å²) in [6.07, 6.45) is 4.60. The molecule has 28 heteroatoms. The number of likely N-dealkylation sites (N-methyl/N-ethyl adjacent to an activating group) is 7. The van der Waals surface area contributed by atoms with Crippen LogP contribution in [-0.4, -0.2) is 251 Å². The van der Waals surface area contributed by atoms with Crippen LogP contribution < -0.4 is 16.0 Å². The maximum atomic E-state index is 15.4. The normalized spacial score (nSPS) is 27.0. The molecule has 0 aromatic heterocycles. The third kappa shape index (κ3) is 19.0. The van der Waals surface area contributed by atoms with E-state index in [2.05, 4.69) is 16.0 Å². The molecule has 1 aromatic carbocycles. The zero-order valence-electron chi connectivity index (χ0n) is 58.6. The second kappa shape index (κ2) is 33.7. The quantitative estimate of drug-likeness (QED) is 0.284. The summed E-state index contributed by atoms with van der Waals surface area (Å²) in [5.74, 6) is -9.11. The zero-order valence-corrected chi connectivity index (χ0v) is 59.4. The van der Waals surface area contributed by atoms with Crippen LogP contribution >= 0.6 is 11.6 Å². The van der Waals surface area contributed by atoms with Crippen LogP contribution in [0.15, 0.2) is 18.2 Å². The van der Waals surface area contributed by atoms with Gasteiger partial charge in [-0.1, -0.05) is 96.7 Å². The van der Waals surface area contributed by atoms with Gasteiger partial charge in [0.1, 0.15) is 47.8 Å². The van der Waals surface area contributed by atoms with Crippen molar-refractivity contribution in [3.63, 3.8) is 0 Å². The van der Waals surface area contributed by atoms with Crippen molar-refractivity contribution in [3.05, 3.63) is 34.3 Å². The Morgan fingerprint density at radius 3 is 1.86 bits per heavy atom. The van der Waals surface area contributed by atoms with Gasteiger partial charge in [-0.15, -0.1) is 0 Å². The van der Waals surface area contributed by atoms with Gasteiger partial charge in [-0.3, -0.25) is 57.5 Å². The van der Waals surface area contributed by atoms with Crippen molar-refractivity contribution in [1.29, 1.82) is 0 Å². The van der Waals surface area contributed by atoms with Gasteiger partial charge >= 0.3 is 6.18 Å². The molecular weight excluding hydrogens is 1280 g/mol. The van der Waals surface area contributed by atoms with Crippen molar-refractivity contribution in [1.82, 2.24) is 60.0 Å². The average molecular weight is 1390 g/mol. The Hall–Kier alpha value is -7.06. The number of halogens is 4. The molecule has 6 aliphatic rings. The molecule has 1 aromatic rings. The lowest BCUT2D eigenvalue weighted by Gasteiger charge is -2.42. The summed E-state index contributed by atoms with van der Waals surface area (Å²) in [7, 11) is 9.90. The molecule has 3 N–H and O–H groups in total. The Morgan fingerprint density at radius 1 is 0.639 bits per heavy atom. The highest BCUT2D eigenvalue weighted by Gasteiger charge is 2.51. The van der Waals surface area contributed by atoms with Crippen molar-refractivity contribution in [2.75, 3.05) is 88.6 Å². The Bertz CT molecular complexity index is 3060. The van der Waals surface area contributed by atoms with E-state index in [9.17, 15) is 56.3 Å². The number of nitrogens with zero attached hydrogens (tertiary/aromatic N) is 9. The number of piperidine rings is 1. The molecule has 6 fully saturated rings. The molecule has 0 radical (unpaired) electrons. The lowest BCUT2D eigenvalue weighted by atomic mass is 9.84. The number of rotatable bonds is 10. The highest BCUT2D eigenvalue weighted by molar-refractivity contribution is 6.31. The van der Waals surface area contributed by atoms with E-state index in [1.165, 1.54) is 79.9 Å². The Balaban J connectivity index is 1.26. The number of carbonyl (C=O) groups excluding carboxylic acids is 12. The summed E-state index contributed by atoms with van der Waals surface area (Å²) in [6.45, 7) is 6.18. The molecule has 24 nitrogen and oxygen atoms in total. The molecule has 12 amide bonds. The monoisotopic (exact) mass is 1380 g/mol. The fourth-order valence-corrected chi connectivity index (χ4v) is 15.1. The van der Waals surface area contributed by atoms with Gasteiger partial charge in [0.25, 0.3) is 0 Å². The Kier molecular flexibility index (Phi) is 26.8. The molecule has 0 unspecified atom stereocenters. The standard InChI is InChI=1S/C69H104ClF3N12O12/c1-12-43(4)57-65(95)79(7)40-55(88)77(5)41-56(89)80(8)51(37-44-22-15-13-16-23-44)63(93)78(6)39-53(86)74-49(30-26-45-25-29-47(48(70)36-45)69(71,72)73)62(92)85-35-21-24-50(85)60(90)76-68(31-17-18-32-68)67(97)83(11)58(42(2)3)66(96)81(9)52(64(94)84-33-19-14-20-34-84)38-54(87)82(10)59(46-27-28-46)61(91)75-57/h25,29,36,42-44,46,49-52,57-59H,12-24,26-28,30-35,37-41H2,1-11H3,(H,74,86)(H,75,91)(H,76,90)/t43-,49-,50-,51-,52-,57-,58-,59-/m0/s1. The molecule has 8 atom stereocenters. The topological polar surface area (TPSA) is 270 Å². The summed E-state index contributed by atoms with van der Waals surface area (Å²) >= 11 is 6.14. The molecule has 3 aliphatic heterocycles. The van der Waals surface area contributed by atoms with Gasteiger partial charge in [0.2, 0.25) is 70.9 Å². The smallest absolute Gasteiger partial charge is 0.343 e. The number of hydrogen-bond acceptors (Lipinski definition) is 12. The molecular formula is C69H104ClF3N12O12. The zero-order chi connectivity index (χ0) is 71.5. The van der Waals surface area contributed by atoms with Crippen LogP contribution in [0.5, 0.6) is 0 Å². The van der Waals surface area contributed by atoms with Gasteiger partial charge in [0, 0.05) is 69.0 Å². The van der Waals surface area contributed by atoms with Crippen LogP contribution in [0.1, 0.15) is 167 Å². The summed E-state index contributed by atoms with van der Waals surface area (Å²) < 4.78 is 41.5. The number of likely N-dealkylation sites (tertiary alicyclic amines) is 1. The Labute approximate surface area is 574 Å². The van der Waals surface area contributed by atoms with Crippen molar-refractivity contribution >= 4 is 82.5 Å². The maximum absolute atomic E-state index is 15.4. The van der Waals surface area contributed by atoms with Crippen LogP contribution in [0, 0.1) is 23.7 Å². The predicted molar refractivity (Wildman–Crippen MR) is 355 cm³/mol. The minimum atomic E-state index is -4.76. The maximum Gasteiger partial charge on any atom is 0.417 e. The highest BCUT2D eigenvalue weighted by atomic mass is 35.5. The van der Waals surface area contributed by atoms with Crippen LogP contribution in [0.2, 0.25) is 5.02 Å². The van der Waals surface area contributed by atoms with E-state index in [1.807, 2.05) is 6.92 Å². The number of benzene rings is 1. The third-order valence-corrected chi connectivity index (χ3v) is 21.5. The minimum Gasteiger partial charge on any atom is -0.343 e. The number of hydrogen-bond donors (Lipinski definition) is 3. The molecule has 3 heterocycles. The molecule has 7 rings (SSSR count). The first-order valence-corrected chi connectivity index (χ1v) is 35.2. The molecule has 3 saturated heterocycles. The summed E-state index contributed by atoms with van der Waals surface area (Å²) in [5.41, 5.74) is -2.35. The van der Waals surface area contributed by atoms with Gasteiger partial charge < -0.3 is 60.0 Å². The van der Waals surface area contributed by atoms with Crippen molar-refractivity contribution in [2.24, 2.45) is 23.7 Å². The second-order valence-electron chi connectivity index (χ2n) is 28.7. The number of aryl methyl sites for hydroxylation is 1. The van der Waals surface area contributed by atoms with Crippen molar-refractivity contribution < 1.29 is 70.7 Å². The SMILES string of the molecule is CC[C@H](C)[C@@H]1NC(=O)[C@H](C2CC2)N(C)C(=O)C[C@@H](C(=O)N2CCCCC2)N(C)C(=O)[C@H](C(C)C)N(C)C(=O)C2(CCCC2)NC(=O)[C@@H]2CCCN2C(=O)[C@H](CCc2ccc(C(F)(F)F)c(Cl)c2)NC(=O)CN(C)C(=O)[C@H](CC2CCCCC2)N(C)C(=O)CN(C)C(=O)CN(C)C1=O. The fourth-order valence-electron chi connectivity index (χ4n) is 14.8. The summed E-state index contributed by atoms with van der Waals surface area (Å²) in [6, 6.07) is -5.51. The van der Waals surface area contributed by atoms with E-state index >= 15 is 14.4 Å². The van der Waals surface area contributed by atoms with E-state index in [0.29, 0.717) is 70.0 Å². The average Bonchev–Trinajstić information content (AvgIpc) is 1.77. The number of amides is 12. The van der Waals surface area contributed by atoms with E-state index in [0.717, 1.165) is 65.4 Å². The second-order valence-corrected chi connectivity index (χ2v) is 29.1. The third-order valence-electron chi connectivity index (χ3n) is 21.2. The first-order valence-electron chi connectivity index (χ1n) is 34.9. The van der Waals surface area contributed by atoms with Crippen molar-refractivity contribution in [2.45, 2.75) is 217 Å². The first-order chi connectivity index (χ1) is 45.7. The van der Waals surface area contributed by atoms with Gasteiger partial charge in [-0.2, -0.15) is 13.2 Å². The van der Waals surface area contributed by atoms with Crippen LogP contribution in [-0.2, 0) is 70.1 Å². The number of nitrogens with one attached hydrogen (secondary N) is 3. The predicted octanol–water partition coefficient (Wildman–Crippen LogP) is 4.86. The van der Waals surface area contributed by atoms with Gasteiger partial charge in [-0.05, 0) is 118 Å². The van der Waals surface area contributed by atoms with E-state index in [-0.39, 0.29) is 56.9 Å². The van der Waals surface area contributed by atoms with Gasteiger partial charge in [0.05, 0.1) is 36.6 Å². The van der Waals surface area contributed by atoms with Crippen LogP contribution in [0.3, 0.4) is 0 Å². The van der Waals surface area contributed by atoms with Gasteiger partial charge in [0.15, 0.2) is 0 Å². The minimum absolute atomic E-state index is 0.0221. The van der Waals surface area contributed by atoms with Crippen LogP contribution in [0.25, 0.3) is 0 Å². The number of fused-ring (bicyclic) bond motifs is 1. The molecule has 97 heavy (non-hydrogen) atoms. The summed E-state index contributed by atoms with van der Waals surface area (Å²) in [4.78, 5) is 189. The van der Waals surface area contributed by atoms with Gasteiger partial charge in [-0.25, -0.2) is 0 Å². The molecule has 3 aliphatic carbocycles. The highest BCUT2D eigenvalue weighted by Crippen LogP contribution is 2.39. The largest absolute Gasteiger partial charge is 0.417 e. The van der Waals surface area contributed by atoms with E-state index in [1.54, 1.807) is 25.7 Å². The number of carbonyl (C=O) groups is 12. The molecule has 0 bridgehead atoms. The molecule has 1 spiro atoms. The lowest BCUT2D eigenvalue weighted by Crippen LogP contribution is -2.65. The summed E-state index contributed by atoms with van der Waals surface area (Å²) in [5, 5.41) is 8.10. The van der Waals surface area contributed by atoms with Crippen molar-refractivity contribution in [3.8, 4) is 0 Å². The molecule has 540 valence electrons. The Morgan fingerprint density at radius 2 is 1.26 bits per heavy atom. The van der Waals surface area contributed by atoms with E-state index in [4.69, 9.17) is 11.6 Å².